The van der Waals surface area contributed by atoms with E-state index < -0.39 is 0 Å². The minimum atomic E-state index is 0.0672. The van der Waals surface area contributed by atoms with Crippen molar-refractivity contribution >= 4 is 5.91 Å². The summed E-state index contributed by atoms with van der Waals surface area (Å²) >= 11 is 0. The molecule has 20 heavy (non-hydrogen) atoms. The van der Waals surface area contributed by atoms with Crippen molar-refractivity contribution in [3.05, 3.63) is 11.8 Å². The van der Waals surface area contributed by atoms with Gasteiger partial charge >= 0.3 is 0 Å². The van der Waals surface area contributed by atoms with Gasteiger partial charge in [-0.2, -0.15) is 0 Å². The number of nitrogens with zero attached hydrogens (tertiary/aromatic N) is 4. The molecule has 1 amide bonds. The second-order valence-corrected chi connectivity index (χ2v) is 5.70. The van der Waals surface area contributed by atoms with Crippen molar-refractivity contribution in [2.24, 2.45) is 5.92 Å². The highest BCUT2D eigenvalue weighted by Crippen LogP contribution is 2.20. The van der Waals surface area contributed by atoms with Crippen molar-refractivity contribution in [2.75, 3.05) is 26.2 Å². The van der Waals surface area contributed by atoms with Crippen LogP contribution in [0.15, 0.2) is 4.42 Å². The van der Waals surface area contributed by atoms with Crippen molar-refractivity contribution in [1.29, 1.82) is 0 Å². The maximum atomic E-state index is 12.1. The van der Waals surface area contributed by atoms with Crippen molar-refractivity contribution in [3.8, 4) is 0 Å². The molecule has 1 aromatic heterocycles. The predicted molar refractivity (Wildman–Crippen MR) is 75.1 cm³/mol. The molecule has 1 saturated heterocycles. The molecule has 0 bridgehead atoms. The zero-order valence-corrected chi connectivity index (χ0v) is 12.8. The molecule has 0 saturated carbocycles. The van der Waals surface area contributed by atoms with Crippen LogP contribution in [0.25, 0.3) is 0 Å². The van der Waals surface area contributed by atoms with E-state index in [0.717, 1.165) is 32.6 Å². The Balaban J connectivity index is 1.97. The minimum absolute atomic E-state index is 0.0672. The first-order chi connectivity index (χ1) is 9.49. The second kappa shape index (κ2) is 6.35. The molecular formula is C14H24N4O2. The van der Waals surface area contributed by atoms with E-state index in [1.165, 1.54) is 0 Å². The molecule has 1 aromatic rings. The fourth-order valence-electron chi connectivity index (χ4n) is 2.55. The minimum Gasteiger partial charge on any atom is -0.424 e. The molecule has 1 aliphatic rings. The van der Waals surface area contributed by atoms with Gasteiger partial charge < -0.3 is 9.32 Å². The number of carbonyl (C=O) groups is 1. The van der Waals surface area contributed by atoms with Crippen LogP contribution in [0.1, 0.15) is 45.0 Å². The lowest BCUT2D eigenvalue weighted by atomic mass is 10.2. The number of hydrogen-bond acceptors (Lipinski definition) is 5. The average Bonchev–Trinajstić information content (AvgIpc) is 2.71. The quantitative estimate of drug-likeness (QED) is 0.842. The van der Waals surface area contributed by atoms with E-state index in [4.69, 9.17) is 4.42 Å². The lowest BCUT2D eigenvalue weighted by Gasteiger charge is -2.25. The molecule has 0 aliphatic carbocycles. The number of rotatable bonds is 3. The Morgan fingerprint density at radius 2 is 1.90 bits per heavy atom. The molecular weight excluding hydrogens is 256 g/mol. The van der Waals surface area contributed by atoms with Gasteiger partial charge in [-0.25, -0.2) is 0 Å². The molecule has 1 atom stereocenters. The first kappa shape index (κ1) is 15.0. The Hall–Kier alpha value is -1.43. The highest BCUT2D eigenvalue weighted by molar-refractivity contribution is 5.78. The van der Waals surface area contributed by atoms with Gasteiger partial charge in [0, 0.05) is 39.0 Å². The Morgan fingerprint density at radius 1 is 1.15 bits per heavy atom. The van der Waals surface area contributed by atoms with E-state index in [1.807, 2.05) is 18.7 Å². The van der Waals surface area contributed by atoms with E-state index in [1.54, 1.807) is 6.92 Å². The van der Waals surface area contributed by atoms with Gasteiger partial charge in [-0.1, -0.05) is 13.8 Å². The Morgan fingerprint density at radius 3 is 2.50 bits per heavy atom. The van der Waals surface area contributed by atoms with Crippen LogP contribution in [0.5, 0.6) is 0 Å². The van der Waals surface area contributed by atoms with Gasteiger partial charge in [0.2, 0.25) is 17.7 Å². The zero-order chi connectivity index (χ0) is 14.7. The van der Waals surface area contributed by atoms with Crippen LogP contribution in [0.2, 0.25) is 0 Å². The molecule has 6 heteroatoms. The summed E-state index contributed by atoms with van der Waals surface area (Å²) in [7, 11) is 0. The monoisotopic (exact) mass is 280 g/mol. The number of hydrogen-bond donors (Lipinski definition) is 0. The van der Waals surface area contributed by atoms with Crippen LogP contribution in [0, 0.1) is 12.8 Å². The van der Waals surface area contributed by atoms with Crippen LogP contribution in [-0.2, 0) is 4.79 Å². The summed E-state index contributed by atoms with van der Waals surface area (Å²) in [5, 5.41) is 7.98. The summed E-state index contributed by atoms with van der Waals surface area (Å²) in [6.45, 7) is 11.2. The summed E-state index contributed by atoms with van der Waals surface area (Å²) < 4.78 is 5.51. The molecule has 112 valence electrons. The fraction of sp³-hybridized carbons (Fsp3) is 0.786. The molecule has 0 N–H and O–H groups in total. The van der Waals surface area contributed by atoms with Crippen LogP contribution in [0.3, 0.4) is 0 Å². The first-order valence-corrected chi connectivity index (χ1v) is 7.32. The van der Waals surface area contributed by atoms with Gasteiger partial charge in [-0.3, -0.25) is 9.69 Å². The van der Waals surface area contributed by atoms with Crippen molar-refractivity contribution in [2.45, 2.75) is 40.2 Å². The molecule has 2 rings (SSSR count). The number of amides is 1. The van der Waals surface area contributed by atoms with Crippen LogP contribution < -0.4 is 0 Å². The Bertz CT molecular complexity index is 458. The van der Waals surface area contributed by atoms with Crippen molar-refractivity contribution < 1.29 is 9.21 Å². The van der Waals surface area contributed by atoms with E-state index in [-0.39, 0.29) is 17.9 Å². The number of aryl methyl sites for hydroxylation is 1. The van der Waals surface area contributed by atoms with Gasteiger partial charge in [-0.15, -0.1) is 10.2 Å². The third kappa shape index (κ3) is 3.36. The smallest absolute Gasteiger partial charge is 0.233 e. The van der Waals surface area contributed by atoms with E-state index in [2.05, 4.69) is 22.0 Å². The van der Waals surface area contributed by atoms with Crippen molar-refractivity contribution in [3.63, 3.8) is 0 Å². The standard InChI is InChI=1S/C14H24N4O2/c1-10(2)14(19)18-7-5-6-17(8-9-18)11(3)13-16-15-12(4)20-13/h10-11H,5-9H2,1-4H3. The topological polar surface area (TPSA) is 62.5 Å². The highest BCUT2D eigenvalue weighted by atomic mass is 16.4. The summed E-state index contributed by atoms with van der Waals surface area (Å²) in [5.41, 5.74) is 0. The zero-order valence-electron chi connectivity index (χ0n) is 12.8. The molecule has 0 aromatic carbocycles. The average molecular weight is 280 g/mol. The maximum Gasteiger partial charge on any atom is 0.233 e. The molecule has 0 radical (unpaired) electrons. The Kier molecular flexibility index (Phi) is 4.75. The van der Waals surface area contributed by atoms with Crippen LogP contribution in [-0.4, -0.2) is 52.1 Å². The highest BCUT2D eigenvalue weighted by Gasteiger charge is 2.26. The first-order valence-electron chi connectivity index (χ1n) is 7.32. The molecule has 6 nitrogen and oxygen atoms in total. The van der Waals surface area contributed by atoms with Gasteiger partial charge in [0.05, 0.1) is 6.04 Å². The molecule has 1 fully saturated rings. The van der Waals surface area contributed by atoms with Gasteiger partial charge in [-0.05, 0) is 13.3 Å². The molecule has 2 heterocycles. The molecule has 1 aliphatic heterocycles. The van der Waals surface area contributed by atoms with E-state index in [9.17, 15) is 4.79 Å². The predicted octanol–water partition coefficient (Wildman–Crippen LogP) is 1.63. The van der Waals surface area contributed by atoms with Crippen molar-refractivity contribution in [1.82, 2.24) is 20.0 Å². The second-order valence-electron chi connectivity index (χ2n) is 5.70. The summed E-state index contributed by atoms with van der Waals surface area (Å²) in [6.07, 6.45) is 0.982. The third-order valence-corrected chi connectivity index (χ3v) is 3.78. The SMILES string of the molecule is Cc1nnc(C(C)N2CCCN(C(=O)C(C)C)CC2)o1. The summed E-state index contributed by atoms with van der Waals surface area (Å²) in [5.74, 6) is 1.56. The Labute approximate surface area is 120 Å². The molecule has 1 unspecified atom stereocenters. The lowest BCUT2D eigenvalue weighted by Crippen LogP contribution is -2.38. The van der Waals surface area contributed by atoms with Gasteiger partial charge in [0.1, 0.15) is 0 Å². The maximum absolute atomic E-state index is 12.1. The van der Waals surface area contributed by atoms with E-state index >= 15 is 0 Å². The van der Waals surface area contributed by atoms with Gasteiger partial charge in [0.25, 0.3) is 0 Å². The summed E-state index contributed by atoms with van der Waals surface area (Å²) in [6, 6.07) is 0.102. The largest absolute Gasteiger partial charge is 0.424 e. The van der Waals surface area contributed by atoms with E-state index in [0.29, 0.717) is 11.8 Å². The van der Waals surface area contributed by atoms with Gasteiger partial charge in [0.15, 0.2) is 0 Å². The number of aromatic nitrogens is 2. The lowest BCUT2D eigenvalue weighted by molar-refractivity contribution is -0.134. The van der Waals surface area contributed by atoms with Crippen LogP contribution in [0.4, 0.5) is 0 Å². The normalized spacial score (nSPS) is 19.1. The third-order valence-electron chi connectivity index (χ3n) is 3.78. The van der Waals surface area contributed by atoms with Crippen LogP contribution >= 0.6 is 0 Å². The number of carbonyl (C=O) groups excluding carboxylic acids is 1. The molecule has 0 spiro atoms. The summed E-state index contributed by atoms with van der Waals surface area (Å²) in [4.78, 5) is 16.3. The fourth-order valence-corrected chi connectivity index (χ4v) is 2.55.